The van der Waals surface area contributed by atoms with Crippen molar-refractivity contribution in [3.05, 3.63) is 198 Å². The van der Waals surface area contributed by atoms with Gasteiger partial charge in [0.15, 0.2) is 11.2 Å². The Hall–Kier alpha value is -7.56. The Morgan fingerprint density at radius 2 is 0.899 bits per heavy atom. The summed E-state index contributed by atoms with van der Waals surface area (Å²) >= 11 is 0. The van der Waals surface area contributed by atoms with E-state index in [0.717, 1.165) is 62.5 Å². The molecule has 0 radical (unpaired) electrons. The molecule has 3 aliphatic rings. The third-order valence-corrected chi connectivity index (χ3v) is 16.0. The van der Waals surface area contributed by atoms with Crippen molar-refractivity contribution in [1.82, 2.24) is 0 Å². The first kappa shape index (κ1) is 40.5. The highest BCUT2D eigenvalue weighted by Gasteiger charge is 2.31. The van der Waals surface area contributed by atoms with E-state index in [1.54, 1.807) is 0 Å². The van der Waals surface area contributed by atoms with Gasteiger partial charge in [0.2, 0.25) is 0 Å². The van der Waals surface area contributed by atoms with E-state index in [9.17, 15) is 0 Å². The van der Waals surface area contributed by atoms with Gasteiger partial charge >= 0.3 is 0 Å². The smallest absolute Gasteiger partial charge is 0.159 e. The van der Waals surface area contributed by atoms with Crippen molar-refractivity contribution in [1.29, 1.82) is 0 Å². The molecular formula is C65H54N2O2. The van der Waals surface area contributed by atoms with Gasteiger partial charge in [-0.05, 0) is 137 Å². The van der Waals surface area contributed by atoms with Crippen LogP contribution in [0.1, 0.15) is 98.5 Å². The van der Waals surface area contributed by atoms with Gasteiger partial charge in [0.25, 0.3) is 0 Å². The molecule has 2 aromatic heterocycles. The minimum Gasteiger partial charge on any atom is -0.454 e. The van der Waals surface area contributed by atoms with E-state index in [1.807, 2.05) is 0 Å². The maximum atomic E-state index is 6.97. The largest absolute Gasteiger partial charge is 0.454 e. The number of fused-ring (bicyclic) bond motifs is 6. The Kier molecular flexibility index (Phi) is 9.74. The number of furan rings is 2. The van der Waals surface area contributed by atoms with Gasteiger partial charge in [-0.25, -0.2) is 0 Å². The van der Waals surface area contributed by atoms with Crippen LogP contribution in [0.5, 0.6) is 0 Å². The molecule has 0 aliphatic heterocycles. The Morgan fingerprint density at radius 1 is 0.391 bits per heavy atom. The molecule has 0 atom stereocenters. The van der Waals surface area contributed by atoms with Crippen LogP contribution in [0, 0.1) is 0 Å². The van der Waals surface area contributed by atoms with Crippen molar-refractivity contribution >= 4 is 105 Å². The van der Waals surface area contributed by atoms with Gasteiger partial charge in [0, 0.05) is 43.9 Å². The summed E-state index contributed by atoms with van der Waals surface area (Å²) in [6.45, 7) is 0. The molecule has 4 heteroatoms. The Bertz CT molecular complexity index is 3790. The van der Waals surface area contributed by atoms with Crippen LogP contribution < -0.4 is 9.80 Å². The third-order valence-electron chi connectivity index (χ3n) is 16.0. The van der Waals surface area contributed by atoms with Gasteiger partial charge in [0.1, 0.15) is 11.3 Å². The van der Waals surface area contributed by atoms with Gasteiger partial charge in [-0.1, -0.05) is 160 Å². The normalized spacial score (nSPS) is 15.8. The van der Waals surface area contributed by atoms with E-state index in [-0.39, 0.29) is 0 Å². The second-order valence-corrected chi connectivity index (χ2v) is 19.9. The zero-order chi connectivity index (χ0) is 45.4. The molecular weight excluding hydrogens is 841 g/mol. The van der Waals surface area contributed by atoms with Crippen LogP contribution in [-0.2, 0) is 6.42 Å². The zero-order valence-electron chi connectivity index (χ0n) is 39.0. The van der Waals surface area contributed by atoms with Crippen molar-refractivity contribution in [2.45, 2.75) is 82.5 Å². The third kappa shape index (κ3) is 6.56. The number of nitrogens with zero attached hydrogens (tertiary/aromatic N) is 2. The van der Waals surface area contributed by atoms with Crippen molar-refractivity contribution in [3.63, 3.8) is 0 Å². The maximum absolute atomic E-state index is 6.97. The minimum absolute atomic E-state index is 0.468. The van der Waals surface area contributed by atoms with Crippen molar-refractivity contribution in [3.8, 4) is 0 Å². The average Bonchev–Trinajstić information content (AvgIpc) is 3.89. The van der Waals surface area contributed by atoms with E-state index >= 15 is 0 Å². The number of allylic oxidation sites excluding steroid dienone is 3. The number of anilines is 6. The lowest BCUT2D eigenvalue weighted by Gasteiger charge is -2.33. The van der Waals surface area contributed by atoms with Crippen molar-refractivity contribution < 1.29 is 8.83 Å². The molecule has 2 saturated carbocycles. The number of benzene rings is 9. The summed E-state index contributed by atoms with van der Waals surface area (Å²) < 4.78 is 13.9. The highest BCUT2D eigenvalue weighted by Crippen LogP contribution is 2.54. The first-order chi connectivity index (χ1) is 34.3. The zero-order valence-corrected chi connectivity index (χ0v) is 39.0. The van der Waals surface area contributed by atoms with E-state index in [0.29, 0.717) is 11.8 Å². The van der Waals surface area contributed by atoms with Crippen LogP contribution in [0.25, 0.3) is 71.3 Å². The molecule has 9 aromatic carbocycles. The topological polar surface area (TPSA) is 32.8 Å². The first-order valence-corrected chi connectivity index (χ1v) is 25.5. The van der Waals surface area contributed by atoms with Gasteiger partial charge in [0.05, 0.1) is 22.7 Å². The number of hydrogen-bond donors (Lipinski definition) is 0. The quantitative estimate of drug-likeness (QED) is 0.142. The monoisotopic (exact) mass is 894 g/mol. The van der Waals surface area contributed by atoms with Crippen LogP contribution >= 0.6 is 0 Å². The Balaban J connectivity index is 1.11. The summed E-state index contributed by atoms with van der Waals surface area (Å²) in [7, 11) is 0. The molecule has 0 spiro atoms. The summed E-state index contributed by atoms with van der Waals surface area (Å²) in [6.07, 6.45) is 21.9. The van der Waals surface area contributed by atoms with Gasteiger partial charge in [-0.15, -0.1) is 0 Å². The summed E-state index contributed by atoms with van der Waals surface area (Å²) in [6, 6.07) is 59.0. The van der Waals surface area contributed by atoms with E-state index in [2.05, 4.69) is 192 Å². The average molecular weight is 895 g/mol. The molecule has 0 bridgehead atoms. The summed E-state index contributed by atoms with van der Waals surface area (Å²) in [5.74, 6) is 1.88. The predicted octanol–water partition coefficient (Wildman–Crippen LogP) is 19.4. The Labute approximate surface area is 403 Å². The lowest BCUT2D eigenvalue weighted by molar-refractivity contribution is 0.445. The Morgan fingerprint density at radius 3 is 1.49 bits per heavy atom. The number of hydrogen-bond acceptors (Lipinski definition) is 4. The van der Waals surface area contributed by atoms with Crippen molar-refractivity contribution in [2.24, 2.45) is 0 Å². The van der Waals surface area contributed by atoms with E-state index < -0.39 is 0 Å². The molecule has 11 aromatic rings. The minimum atomic E-state index is 0.468. The van der Waals surface area contributed by atoms with Crippen LogP contribution in [0.3, 0.4) is 0 Å². The second-order valence-electron chi connectivity index (χ2n) is 19.9. The second kappa shape index (κ2) is 16.6. The summed E-state index contributed by atoms with van der Waals surface area (Å²) in [5, 5.41) is 11.5. The maximum Gasteiger partial charge on any atom is 0.159 e. The molecule has 4 nitrogen and oxygen atoms in total. The van der Waals surface area contributed by atoms with Crippen LogP contribution in [0.2, 0.25) is 0 Å². The fourth-order valence-electron chi connectivity index (χ4n) is 12.9. The van der Waals surface area contributed by atoms with E-state index in [1.165, 1.54) is 130 Å². The lowest BCUT2D eigenvalue weighted by Crippen LogP contribution is -2.14. The summed E-state index contributed by atoms with van der Waals surface area (Å²) in [5.41, 5.74) is 13.7. The van der Waals surface area contributed by atoms with Crippen molar-refractivity contribution in [2.75, 3.05) is 9.80 Å². The molecule has 3 aliphatic carbocycles. The van der Waals surface area contributed by atoms with Gasteiger partial charge in [-0.2, -0.15) is 0 Å². The molecule has 2 heterocycles. The SMILES string of the molecule is C1=CCc2c(oc3c(N(c4ccccc4)c4cc(C5CCCCC5)c5ccc6c(N(c7ccccc7)c7cccc8c7oc7ccccc78)cc(C7CCCCC7)c7ccc4c5c76)cccc23)C=C1. The highest BCUT2D eigenvalue weighted by atomic mass is 16.3. The standard InChI is InChI=1S/C65H54N2O2/c1-6-20-42(21-7-1)54-40-58(66(44-24-10-3-11-25-44)56-32-18-30-50-46-28-14-5-15-34-60(46)68-64(50)56)52-38-36-49-55(43-22-8-2-9-23-43)41-59(53-39-37-48(54)62(52)63(49)53)67(45-26-12-4-13-27-45)57-33-19-31-51-47-29-16-17-35-61(47)69-65(51)57/h3-5,10-19,24-27,29-43H,1-2,6-9,20-23,28H2. The van der Waals surface area contributed by atoms with E-state index in [4.69, 9.17) is 8.83 Å². The molecule has 0 amide bonds. The van der Waals surface area contributed by atoms with Gasteiger partial charge < -0.3 is 18.6 Å². The predicted molar refractivity (Wildman–Crippen MR) is 290 cm³/mol. The highest BCUT2D eigenvalue weighted by molar-refractivity contribution is 6.30. The van der Waals surface area contributed by atoms with Crippen LogP contribution in [0.4, 0.5) is 34.1 Å². The lowest BCUT2D eigenvalue weighted by atomic mass is 9.77. The molecule has 0 N–H and O–H groups in total. The molecule has 69 heavy (non-hydrogen) atoms. The molecule has 336 valence electrons. The molecule has 2 fully saturated rings. The fraction of sp³-hybridized carbons (Fsp3) is 0.200. The molecule has 0 saturated heterocycles. The molecule has 0 unspecified atom stereocenters. The summed E-state index contributed by atoms with van der Waals surface area (Å²) in [4.78, 5) is 5.03. The number of para-hydroxylation sites is 5. The fourth-order valence-corrected chi connectivity index (χ4v) is 12.9. The van der Waals surface area contributed by atoms with Crippen LogP contribution in [-0.4, -0.2) is 0 Å². The molecule has 14 rings (SSSR count). The first-order valence-electron chi connectivity index (χ1n) is 25.5. The number of rotatable bonds is 8. The van der Waals surface area contributed by atoms with Crippen LogP contribution in [0.15, 0.2) is 185 Å². The van der Waals surface area contributed by atoms with Gasteiger partial charge in [-0.3, -0.25) is 0 Å².